The zero-order valence-electron chi connectivity index (χ0n) is 14.6. The third kappa shape index (κ3) is 5.35. The minimum Gasteiger partial charge on any atom is -0.466 e. The molecular formula is C19H23N3O3. The Kier molecular flexibility index (Phi) is 6.58. The Balaban J connectivity index is 2.03. The molecule has 6 heteroatoms. The van der Waals surface area contributed by atoms with Crippen molar-refractivity contribution in [3.8, 4) is 6.07 Å². The van der Waals surface area contributed by atoms with Crippen molar-refractivity contribution in [1.29, 1.82) is 5.26 Å². The highest BCUT2D eigenvalue weighted by atomic mass is 16.5. The van der Waals surface area contributed by atoms with Crippen LogP contribution < -0.4 is 5.32 Å². The van der Waals surface area contributed by atoms with E-state index in [1.54, 1.807) is 19.1 Å². The molecule has 1 amide bonds. The number of aryl methyl sites for hydroxylation is 1. The molecule has 1 N–H and O–H groups in total. The number of ether oxygens (including phenoxy) is 1. The van der Waals surface area contributed by atoms with Crippen LogP contribution in [-0.4, -0.2) is 36.5 Å². The van der Waals surface area contributed by atoms with Gasteiger partial charge in [-0.2, -0.15) is 5.26 Å². The fraction of sp³-hybridized carbons (Fsp3) is 0.421. The van der Waals surface area contributed by atoms with Gasteiger partial charge >= 0.3 is 5.97 Å². The fourth-order valence-electron chi connectivity index (χ4n) is 2.73. The van der Waals surface area contributed by atoms with Crippen molar-refractivity contribution >= 4 is 17.6 Å². The van der Waals surface area contributed by atoms with Gasteiger partial charge in [-0.25, -0.2) is 0 Å². The molecule has 0 spiro atoms. The van der Waals surface area contributed by atoms with E-state index in [0.717, 1.165) is 18.4 Å². The summed E-state index contributed by atoms with van der Waals surface area (Å²) in [6.07, 6.45) is 3.12. The van der Waals surface area contributed by atoms with E-state index < -0.39 is 5.91 Å². The molecule has 1 heterocycles. The average Bonchev–Trinajstić information content (AvgIpc) is 2.62. The fourth-order valence-corrected chi connectivity index (χ4v) is 2.73. The van der Waals surface area contributed by atoms with E-state index in [4.69, 9.17) is 4.74 Å². The monoisotopic (exact) mass is 341 g/mol. The Bertz CT molecular complexity index is 689. The lowest BCUT2D eigenvalue weighted by Crippen LogP contribution is -2.37. The molecule has 1 aromatic carbocycles. The SMILES string of the molecule is CCOC(=O)C1CCCN(/C=C(/C#N)C(=O)Nc2ccc(C)cc2)C1. The lowest BCUT2D eigenvalue weighted by molar-refractivity contribution is -0.149. The van der Waals surface area contributed by atoms with Gasteiger partial charge in [0, 0.05) is 25.0 Å². The van der Waals surface area contributed by atoms with Gasteiger partial charge in [0.15, 0.2) is 0 Å². The first-order valence-corrected chi connectivity index (χ1v) is 8.44. The number of carbonyl (C=O) groups is 2. The van der Waals surface area contributed by atoms with E-state index in [1.165, 1.54) is 6.20 Å². The third-order valence-corrected chi connectivity index (χ3v) is 4.06. The van der Waals surface area contributed by atoms with Gasteiger partial charge in [0.25, 0.3) is 5.91 Å². The van der Waals surface area contributed by atoms with Gasteiger partial charge in [0.05, 0.1) is 12.5 Å². The van der Waals surface area contributed by atoms with Crippen molar-refractivity contribution in [1.82, 2.24) is 4.90 Å². The lowest BCUT2D eigenvalue weighted by Gasteiger charge is -2.30. The van der Waals surface area contributed by atoms with Gasteiger partial charge in [-0.05, 0) is 38.8 Å². The van der Waals surface area contributed by atoms with Crippen molar-refractivity contribution in [3.63, 3.8) is 0 Å². The van der Waals surface area contributed by atoms with E-state index in [-0.39, 0.29) is 17.5 Å². The maximum absolute atomic E-state index is 12.3. The van der Waals surface area contributed by atoms with Gasteiger partial charge < -0.3 is 15.0 Å². The maximum Gasteiger partial charge on any atom is 0.310 e. The molecule has 132 valence electrons. The lowest BCUT2D eigenvalue weighted by atomic mass is 9.98. The molecule has 1 atom stereocenters. The molecule has 1 aliphatic heterocycles. The summed E-state index contributed by atoms with van der Waals surface area (Å²) in [6, 6.07) is 9.30. The molecule has 0 aromatic heterocycles. The van der Waals surface area contributed by atoms with Crippen LogP contribution >= 0.6 is 0 Å². The van der Waals surface area contributed by atoms with Crippen LogP contribution in [0.4, 0.5) is 5.69 Å². The van der Waals surface area contributed by atoms with E-state index in [0.29, 0.717) is 25.4 Å². The van der Waals surface area contributed by atoms with Crippen LogP contribution in [0.5, 0.6) is 0 Å². The van der Waals surface area contributed by atoms with Gasteiger partial charge in [-0.15, -0.1) is 0 Å². The standard InChI is InChI=1S/C19H23N3O3/c1-3-25-19(24)15-5-4-10-22(12-15)13-16(11-20)18(23)21-17-8-6-14(2)7-9-17/h6-9,13,15H,3-5,10,12H2,1-2H3,(H,21,23)/b16-13-. The Labute approximate surface area is 148 Å². The van der Waals surface area contributed by atoms with Gasteiger partial charge in [0.1, 0.15) is 11.6 Å². The van der Waals surface area contributed by atoms with Crippen LogP contribution in [0, 0.1) is 24.2 Å². The predicted molar refractivity (Wildman–Crippen MR) is 94.4 cm³/mol. The van der Waals surface area contributed by atoms with E-state index in [2.05, 4.69) is 5.32 Å². The molecule has 1 aliphatic rings. The largest absolute Gasteiger partial charge is 0.466 e. The highest BCUT2D eigenvalue weighted by Gasteiger charge is 2.26. The molecule has 1 aromatic rings. The Hall–Kier alpha value is -2.81. The molecule has 1 fully saturated rings. The van der Waals surface area contributed by atoms with Crippen molar-refractivity contribution < 1.29 is 14.3 Å². The van der Waals surface area contributed by atoms with Crippen LogP contribution in [0.3, 0.4) is 0 Å². The third-order valence-electron chi connectivity index (χ3n) is 4.06. The smallest absolute Gasteiger partial charge is 0.310 e. The molecule has 1 saturated heterocycles. The average molecular weight is 341 g/mol. The molecule has 0 aliphatic carbocycles. The maximum atomic E-state index is 12.3. The number of nitriles is 1. The predicted octanol–water partition coefficient (Wildman–Crippen LogP) is 2.62. The zero-order valence-corrected chi connectivity index (χ0v) is 14.6. The van der Waals surface area contributed by atoms with Gasteiger partial charge in [-0.3, -0.25) is 9.59 Å². The first-order valence-electron chi connectivity index (χ1n) is 8.44. The van der Waals surface area contributed by atoms with Crippen molar-refractivity contribution in [2.24, 2.45) is 5.92 Å². The summed E-state index contributed by atoms with van der Waals surface area (Å²) in [6.45, 7) is 5.26. The van der Waals surface area contributed by atoms with Crippen LogP contribution in [-0.2, 0) is 14.3 Å². The normalized spacial score (nSPS) is 17.6. The summed E-state index contributed by atoms with van der Waals surface area (Å²) in [5, 5.41) is 12.0. The van der Waals surface area contributed by atoms with Crippen molar-refractivity contribution in [2.45, 2.75) is 26.7 Å². The second-order valence-corrected chi connectivity index (χ2v) is 6.06. The van der Waals surface area contributed by atoms with E-state index in [1.807, 2.05) is 30.0 Å². The molecule has 0 bridgehead atoms. The topological polar surface area (TPSA) is 82.4 Å². The Morgan fingerprint density at radius 3 is 2.76 bits per heavy atom. The number of anilines is 1. The summed E-state index contributed by atoms with van der Waals surface area (Å²) >= 11 is 0. The van der Waals surface area contributed by atoms with Crippen molar-refractivity contribution in [3.05, 3.63) is 41.6 Å². The first-order chi connectivity index (χ1) is 12.0. The summed E-state index contributed by atoms with van der Waals surface area (Å²) < 4.78 is 5.07. The van der Waals surface area contributed by atoms with Crippen LogP contribution in [0.25, 0.3) is 0 Å². The molecule has 6 nitrogen and oxygen atoms in total. The van der Waals surface area contributed by atoms with Crippen LogP contribution in [0.2, 0.25) is 0 Å². The number of hydrogen-bond acceptors (Lipinski definition) is 5. The first kappa shape index (κ1) is 18.5. The Morgan fingerprint density at radius 2 is 2.12 bits per heavy atom. The van der Waals surface area contributed by atoms with Crippen LogP contribution in [0.15, 0.2) is 36.0 Å². The number of nitrogens with zero attached hydrogens (tertiary/aromatic N) is 2. The second kappa shape index (κ2) is 8.88. The number of likely N-dealkylation sites (tertiary alicyclic amines) is 1. The van der Waals surface area contributed by atoms with Crippen molar-refractivity contribution in [2.75, 3.05) is 25.0 Å². The molecule has 0 radical (unpaired) electrons. The number of rotatable bonds is 5. The van der Waals surface area contributed by atoms with Crippen LogP contribution in [0.1, 0.15) is 25.3 Å². The second-order valence-electron chi connectivity index (χ2n) is 6.06. The molecule has 2 rings (SSSR count). The minimum atomic E-state index is -0.454. The summed E-state index contributed by atoms with van der Waals surface area (Å²) in [5.41, 5.74) is 1.75. The quantitative estimate of drug-likeness (QED) is 0.506. The Morgan fingerprint density at radius 1 is 1.40 bits per heavy atom. The number of carbonyl (C=O) groups excluding carboxylic acids is 2. The number of hydrogen-bond donors (Lipinski definition) is 1. The number of esters is 1. The van der Waals surface area contributed by atoms with Gasteiger partial charge in [0.2, 0.25) is 0 Å². The number of nitrogens with one attached hydrogen (secondary N) is 1. The summed E-state index contributed by atoms with van der Waals surface area (Å²) in [7, 11) is 0. The van der Waals surface area contributed by atoms with E-state index in [9.17, 15) is 14.9 Å². The molecular weight excluding hydrogens is 318 g/mol. The highest BCUT2D eigenvalue weighted by molar-refractivity contribution is 6.06. The van der Waals surface area contributed by atoms with Gasteiger partial charge in [-0.1, -0.05) is 17.7 Å². The number of benzene rings is 1. The minimum absolute atomic E-state index is 0.0186. The highest BCUT2D eigenvalue weighted by Crippen LogP contribution is 2.19. The molecule has 0 saturated carbocycles. The molecule has 1 unspecified atom stereocenters. The number of amides is 1. The summed E-state index contributed by atoms with van der Waals surface area (Å²) in [5.74, 6) is -0.891. The molecule has 25 heavy (non-hydrogen) atoms. The zero-order chi connectivity index (χ0) is 18.2. The van der Waals surface area contributed by atoms with E-state index >= 15 is 0 Å². The number of piperidine rings is 1. The summed E-state index contributed by atoms with van der Waals surface area (Å²) in [4.78, 5) is 26.0.